The number of nitrogens with one attached hydrogen (secondary N) is 1. The van der Waals surface area contributed by atoms with Crippen LogP contribution in [0.1, 0.15) is 30.9 Å². The van der Waals surface area contributed by atoms with E-state index in [1.165, 1.54) is 13.0 Å². The highest BCUT2D eigenvalue weighted by Crippen LogP contribution is 2.53. The summed E-state index contributed by atoms with van der Waals surface area (Å²) in [5.74, 6) is -6.95. The number of anilines is 1. The molecule has 2 aromatic carbocycles. The number of ketones is 2. The molecule has 0 radical (unpaired) electrons. The maximum Gasteiger partial charge on any atom is 0.255 e. The van der Waals surface area contributed by atoms with E-state index in [4.69, 9.17) is 5.73 Å². The van der Waals surface area contributed by atoms with Crippen LogP contribution in [0.5, 0.6) is 5.75 Å². The Morgan fingerprint density at radius 1 is 1.08 bits per heavy atom. The molecular weight excluding hydrogens is 480 g/mol. The first-order valence-corrected chi connectivity index (χ1v) is 11.6. The van der Waals surface area contributed by atoms with Crippen LogP contribution in [0.15, 0.2) is 53.3 Å². The summed E-state index contributed by atoms with van der Waals surface area (Å²) in [6.45, 7) is 1.39. The fourth-order valence-corrected chi connectivity index (χ4v) is 5.86. The second kappa shape index (κ2) is 8.31. The first-order chi connectivity index (χ1) is 17.4. The lowest BCUT2D eigenvalue weighted by Gasteiger charge is -2.46. The van der Waals surface area contributed by atoms with E-state index in [0.29, 0.717) is 22.4 Å². The minimum Gasteiger partial charge on any atom is -0.508 e. The number of carbonyl (C=O) groups excluding carboxylic acids is 4. The largest absolute Gasteiger partial charge is 0.508 e. The van der Waals surface area contributed by atoms with Gasteiger partial charge in [-0.1, -0.05) is 18.2 Å². The molecule has 3 aliphatic carbocycles. The lowest BCUT2D eigenvalue weighted by Crippen LogP contribution is -2.58. The summed E-state index contributed by atoms with van der Waals surface area (Å²) in [5.41, 5.74) is 4.03. The molecule has 0 bridgehead atoms. The molecule has 2 aromatic rings. The molecule has 3 unspecified atom stereocenters. The molecule has 0 heterocycles. The van der Waals surface area contributed by atoms with Gasteiger partial charge < -0.3 is 31.5 Å². The lowest BCUT2D eigenvalue weighted by atomic mass is 9.59. The third-order valence-corrected chi connectivity index (χ3v) is 7.44. The fourth-order valence-electron chi connectivity index (χ4n) is 5.86. The van der Waals surface area contributed by atoms with E-state index >= 15 is 0 Å². The number of aromatic hydroxyl groups is 1. The number of carbonyl (C=O) groups is 4. The Bertz CT molecular complexity index is 1490. The number of rotatable bonds is 3. The van der Waals surface area contributed by atoms with Crippen LogP contribution in [0.3, 0.4) is 0 Å². The number of hydrogen-bond donors (Lipinski definition) is 6. The number of hydrogen-bond acceptors (Lipinski definition) is 8. The van der Waals surface area contributed by atoms with Crippen LogP contribution >= 0.6 is 0 Å². The first-order valence-electron chi connectivity index (χ1n) is 11.6. The van der Waals surface area contributed by atoms with E-state index in [1.54, 1.807) is 30.3 Å². The zero-order valence-electron chi connectivity index (χ0n) is 19.7. The van der Waals surface area contributed by atoms with Crippen molar-refractivity contribution < 1.29 is 39.6 Å². The number of aliphatic hydroxyl groups excluding tert-OH is 2. The third kappa shape index (κ3) is 3.52. The molecule has 190 valence electrons. The summed E-state index contributed by atoms with van der Waals surface area (Å²) in [6.07, 6.45) is -0.153. The topological polar surface area (TPSA) is 187 Å². The standard InChI is InChI=1S/C27H24N2O8/c1-11(30)29-15-4-2-3-12(8-15)16-5-6-18(31)21-17(16)9-13-7-14-10-19(32)22(26(28)36)25(35)27(14,37)24(34)20(13)23(21)33/h2-6,8,13-14,31,33,35,37H,7,9-10H2,1H3,(H2,28,36)(H,29,30). The van der Waals surface area contributed by atoms with Crippen molar-refractivity contribution >= 4 is 34.8 Å². The number of nitrogens with two attached hydrogens (primary N) is 1. The van der Waals surface area contributed by atoms with Crippen LogP contribution in [0.4, 0.5) is 5.69 Å². The third-order valence-electron chi connectivity index (χ3n) is 7.44. The van der Waals surface area contributed by atoms with Crippen molar-refractivity contribution in [2.45, 2.75) is 31.8 Å². The fraction of sp³-hybridized carbons (Fsp3) is 0.259. The highest BCUT2D eigenvalue weighted by molar-refractivity contribution is 6.22. The summed E-state index contributed by atoms with van der Waals surface area (Å²) >= 11 is 0. The van der Waals surface area contributed by atoms with Crippen molar-refractivity contribution in [3.8, 4) is 16.9 Å². The summed E-state index contributed by atoms with van der Waals surface area (Å²) in [6, 6.07) is 10.0. The minimum atomic E-state index is -2.60. The SMILES string of the molecule is CC(=O)Nc1cccc(-c2ccc(O)c3c2CC2CC4CC(=O)C(C(N)=O)=C(O)C4(O)C(=O)C2=C3O)c1. The molecule has 0 saturated heterocycles. The van der Waals surface area contributed by atoms with Gasteiger partial charge in [0.05, 0.1) is 5.56 Å². The van der Waals surface area contributed by atoms with Crippen molar-refractivity contribution in [2.24, 2.45) is 17.6 Å². The predicted octanol–water partition coefficient (Wildman–Crippen LogP) is 2.05. The maximum atomic E-state index is 13.6. The van der Waals surface area contributed by atoms with E-state index in [2.05, 4.69) is 5.32 Å². The molecule has 0 aromatic heterocycles. The average molecular weight is 504 g/mol. The van der Waals surface area contributed by atoms with Crippen LogP contribution in [-0.4, -0.2) is 49.4 Å². The van der Waals surface area contributed by atoms with E-state index in [-0.39, 0.29) is 42.1 Å². The minimum absolute atomic E-state index is 0.00885. The van der Waals surface area contributed by atoms with Gasteiger partial charge >= 0.3 is 0 Å². The van der Waals surface area contributed by atoms with Crippen LogP contribution in [0.2, 0.25) is 0 Å². The van der Waals surface area contributed by atoms with Crippen molar-refractivity contribution in [3.63, 3.8) is 0 Å². The second-order valence-corrected chi connectivity index (χ2v) is 9.65. The maximum absolute atomic E-state index is 13.6. The Morgan fingerprint density at radius 3 is 2.49 bits per heavy atom. The van der Waals surface area contributed by atoms with Crippen LogP contribution < -0.4 is 11.1 Å². The monoisotopic (exact) mass is 504 g/mol. The molecule has 5 rings (SSSR count). The van der Waals surface area contributed by atoms with Crippen molar-refractivity contribution in [1.29, 1.82) is 0 Å². The number of fused-ring (bicyclic) bond motifs is 3. The van der Waals surface area contributed by atoms with Crippen molar-refractivity contribution in [3.05, 3.63) is 64.4 Å². The Labute approximate surface area is 210 Å². The van der Waals surface area contributed by atoms with Gasteiger partial charge in [-0.15, -0.1) is 0 Å². The molecule has 3 atom stereocenters. The van der Waals surface area contributed by atoms with Gasteiger partial charge in [-0.2, -0.15) is 0 Å². The highest BCUT2D eigenvalue weighted by Gasteiger charge is 2.60. The van der Waals surface area contributed by atoms with Crippen molar-refractivity contribution in [1.82, 2.24) is 0 Å². The summed E-state index contributed by atoms with van der Waals surface area (Å²) < 4.78 is 0. The lowest BCUT2D eigenvalue weighted by molar-refractivity contribution is -0.147. The molecule has 10 nitrogen and oxygen atoms in total. The number of aliphatic hydroxyl groups is 3. The van der Waals surface area contributed by atoms with Gasteiger partial charge in [-0.3, -0.25) is 19.2 Å². The molecule has 0 aliphatic heterocycles. The number of amides is 2. The van der Waals surface area contributed by atoms with Crippen molar-refractivity contribution in [2.75, 3.05) is 5.32 Å². The van der Waals surface area contributed by atoms with Gasteiger partial charge in [-0.25, -0.2) is 0 Å². The first kappa shape index (κ1) is 24.3. The molecule has 10 heteroatoms. The molecule has 0 spiro atoms. The van der Waals surface area contributed by atoms with Gasteiger partial charge in [0.2, 0.25) is 11.7 Å². The average Bonchev–Trinajstić information content (AvgIpc) is 2.81. The number of benzene rings is 2. The number of phenols is 1. The quantitative estimate of drug-likeness (QED) is 0.343. The number of primary amides is 1. The zero-order chi connectivity index (χ0) is 26.8. The highest BCUT2D eigenvalue weighted by atomic mass is 16.3. The van der Waals surface area contributed by atoms with E-state index in [9.17, 15) is 39.6 Å². The smallest absolute Gasteiger partial charge is 0.255 e. The molecule has 3 aliphatic rings. The van der Waals surface area contributed by atoms with Gasteiger partial charge in [0, 0.05) is 30.5 Å². The predicted molar refractivity (Wildman–Crippen MR) is 131 cm³/mol. The molecule has 1 fully saturated rings. The van der Waals surface area contributed by atoms with Crippen LogP contribution in [0, 0.1) is 11.8 Å². The Morgan fingerprint density at radius 2 is 1.81 bits per heavy atom. The van der Waals surface area contributed by atoms with Crippen LogP contribution in [-0.2, 0) is 25.6 Å². The van der Waals surface area contributed by atoms with E-state index in [1.807, 2.05) is 0 Å². The number of Topliss-reactive ketones (excluding diaryl/α,β-unsaturated/α-hetero) is 2. The molecule has 37 heavy (non-hydrogen) atoms. The molecule has 1 saturated carbocycles. The Hall–Kier alpha value is -4.44. The summed E-state index contributed by atoms with van der Waals surface area (Å²) in [5, 5.41) is 46.6. The van der Waals surface area contributed by atoms with E-state index in [0.717, 1.165) is 0 Å². The normalized spacial score (nSPS) is 24.8. The molecule has 2 amide bonds. The molecule has 7 N–H and O–H groups in total. The zero-order valence-corrected chi connectivity index (χ0v) is 19.7. The van der Waals surface area contributed by atoms with Gasteiger partial charge in [-0.05, 0) is 53.6 Å². The van der Waals surface area contributed by atoms with Gasteiger partial charge in [0.25, 0.3) is 5.91 Å². The Balaban J connectivity index is 1.67. The summed E-state index contributed by atoms with van der Waals surface area (Å²) in [4.78, 5) is 49.3. The van der Waals surface area contributed by atoms with Gasteiger partial charge in [0.1, 0.15) is 22.8 Å². The molecular formula is C27H24N2O8. The van der Waals surface area contributed by atoms with Gasteiger partial charge in [0.15, 0.2) is 11.4 Å². The Kier molecular flexibility index (Phi) is 5.45. The number of phenolic OH excluding ortho intramolecular Hbond substituents is 1. The van der Waals surface area contributed by atoms with Crippen LogP contribution in [0.25, 0.3) is 16.9 Å². The summed E-state index contributed by atoms with van der Waals surface area (Å²) in [7, 11) is 0. The second-order valence-electron chi connectivity index (χ2n) is 9.65. The van der Waals surface area contributed by atoms with E-state index < -0.39 is 52.0 Å².